The number of ether oxygens (including phenoxy) is 2. The van der Waals surface area contributed by atoms with E-state index in [4.69, 9.17) is 14.6 Å². The summed E-state index contributed by atoms with van der Waals surface area (Å²) in [5, 5.41) is 8.81. The lowest BCUT2D eigenvalue weighted by Gasteiger charge is -2.12. The molecule has 3 aromatic rings. The van der Waals surface area contributed by atoms with E-state index in [0.717, 1.165) is 5.56 Å². The smallest absolute Gasteiger partial charge is 0.279 e. The van der Waals surface area contributed by atoms with Crippen molar-refractivity contribution in [3.8, 4) is 17.2 Å². The Balaban J connectivity index is 2.00. The third-order valence-electron chi connectivity index (χ3n) is 4.50. The second kappa shape index (κ2) is 8.83. The number of benzene rings is 2. The maximum Gasteiger partial charge on any atom is 0.279 e. The van der Waals surface area contributed by atoms with Crippen LogP contribution in [0.15, 0.2) is 52.2 Å². The molecule has 0 radical (unpaired) electrons. The third kappa shape index (κ3) is 5.07. The SMILES string of the molecule is C=c1[nH]n(-c2ccc(S(N)(=O)=O)cc2)c(=O)/c1=C\c1ccc(OCC(C)C)c(OC)c1. The molecule has 0 aliphatic carbocycles. The Morgan fingerprint density at radius 3 is 2.42 bits per heavy atom. The van der Waals surface area contributed by atoms with Crippen LogP contribution >= 0.6 is 0 Å². The van der Waals surface area contributed by atoms with Crippen LogP contribution in [-0.4, -0.2) is 31.9 Å². The van der Waals surface area contributed by atoms with Gasteiger partial charge in [0.1, 0.15) is 0 Å². The van der Waals surface area contributed by atoms with Crippen molar-refractivity contribution in [3.63, 3.8) is 0 Å². The summed E-state index contributed by atoms with van der Waals surface area (Å²) in [6.07, 6.45) is 1.70. The zero-order valence-corrected chi connectivity index (χ0v) is 18.4. The minimum atomic E-state index is -3.81. The first-order chi connectivity index (χ1) is 14.6. The van der Waals surface area contributed by atoms with Crippen molar-refractivity contribution < 1.29 is 17.9 Å². The number of H-pyrrole nitrogens is 1. The first kappa shape index (κ1) is 22.4. The highest BCUT2D eigenvalue weighted by Crippen LogP contribution is 2.28. The van der Waals surface area contributed by atoms with Gasteiger partial charge in [0.25, 0.3) is 5.56 Å². The molecule has 164 valence electrons. The van der Waals surface area contributed by atoms with E-state index in [1.807, 2.05) is 6.07 Å². The molecule has 2 aromatic carbocycles. The second-order valence-corrected chi connectivity index (χ2v) is 9.00. The van der Waals surface area contributed by atoms with Crippen molar-refractivity contribution in [2.75, 3.05) is 13.7 Å². The molecule has 9 heteroatoms. The van der Waals surface area contributed by atoms with Crippen LogP contribution < -0.4 is 30.7 Å². The molecular weight excluding hydrogens is 418 g/mol. The molecule has 0 atom stereocenters. The molecule has 0 saturated heterocycles. The highest BCUT2D eigenvalue weighted by atomic mass is 32.2. The topological polar surface area (TPSA) is 116 Å². The molecule has 3 N–H and O–H groups in total. The fourth-order valence-corrected chi connectivity index (χ4v) is 3.44. The quantitative estimate of drug-likeness (QED) is 0.567. The molecular formula is C22H25N3O5S. The Bertz CT molecular complexity index is 1350. The van der Waals surface area contributed by atoms with Gasteiger partial charge in [0.2, 0.25) is 10.0 Å². The van der Waals surface area contributed by atoms with Crippen molar-refractivity contribution in [2.45, 2.75) is 18.7 Å². The summed E-state index contributed by atoms with van der Waals surface area (Å²) in [6, 6.07) is 11.1. The van der Waals surface area contributed by atoms with Crippen molar-refractivity contribution in [2.24, 2.45) is 11.1 Å². The van der Waals surface area contributed by atoms with Gasteiger partial charge in [-0.3, -0.25) is 9.89 Å². The van der Waals surface area contributed by atoms with Gasteiger partial charge in [0.15, 0.2) is 11.5 Å². The highest BCUT2D eigenvalue weighted by Gasteiger charge is 2.10. The van der Waals surface area contributed by atoms with Crippen LogP contribution in [0, 0.1) is 5.92 Å². The Labute approximate surface area is 180 Å². The summed E-state index contributed by atoms with van der Waals surface area (Å²) in [6.45, 7) is 8.59. The van der Waals surface area contributed by atoms with E-state index in [2.05, 4.69) is 25.5 Å². The molecule has 0 aliphatic rings. The maximum absolute atomic E-state index is 12.9. The average molecular weight is 444 g/mol. The van der Waals surface area contributed by atoms with Gasteiger partial charge in [-0.15, -0.1) is 0 Å². The van der Waals surface area contributed by atoms with Crippen LogP contribution in [0.3, 0.4) is 0 Å². The van der Waals surface area contributed by atoms with Gasteiger partial charge in [0, 0.05) is 0 Å². The predicted molar refractivity (Wildman–Crippen MR) is 119 cm³/mol. The summed E-state index contributed by atoms with van der Waals surface area (Å²) in [5.41, 5.74) is 0.871. The highest BCUT2D eigenvalue weighted by molar-refractivity contribution is 7.89. The molecule has 0 fully saturated rings. The maximum atomic E-state index is 12.9. The molecule has 0 unspecified atom stereocenters. The minimum Gasteiger partial charge on any atom is -0.493 e. The lowest BCUT2D eigenvalue weighted by molar-refractivity contribution is 0.257. The Kier molecular flexibility index (Phi) is 6.37. The summed E-state index contributed by atoms with van der Waals surface area (Å²) in [7, 11) is -2.25. The number of nitrogens with zero attached hydrogens (tertiary/aromatic N) is 1. The van der Waals surface area contributed by atoms with Crippen LogP contribution in [0.5, 0.6) is 11.5 Å². The number of primary sulfonamides is 1. The lowest BCUT2D eigenvalue weighted by Crippen LogP contribution is -2.33. The van der Waals surface area contributed by atoms with Crippen LogP contribution in [0.2, 0.25) is 0 Å². The molecule has 1 aromatic heterocycles. The first-order valence-electron chi connectivity index (χ1n) is 9.56. The normalized spacial score (nSPS) is 12.4. The van der Waals surface area contributed by atoms with Gasteiger partial charge in [0.05, 0.1) is 34.9 Å². The number of rotatable bonds is 7. The van der Waals surface area contributed by atoms with Crippen LogP contribution in [-0.2, 0) is 10.0 Å². The van der Waals surface area contributed by atoms with E-state index >= 15 is 0 Å². The van der Waals surface area contributed by atoms with Crippen LogP contribution in [0.1, 0.15) is 19.4 Å². The molecule has 1 heterocycles. The summed E-state index contributed by atoms with van der Waals surface area (Å²) in [5.74, 6) is 1.57. The predicted octanol–water partition coefficient (Wildman–Crippen LogP) is 1.10. The van der Waals surface area contributed by atoms with Crippen molar-refractivity contribution in [1.82, 2.24) is 9.78 Å². The van der Waals surface area contributed by atoms with E-state index in [-0.39, 0.29) is 10.5 Å². The fraction of sp³-hybridized carbons (Fsp3) is 0.227. The largest absolute Gasteiger partial charge is 0.493 e. The summed E-state index contributed by atoms with van der Waals surface area (Å²) in [4.78, 5) is 12.9. The van der Waals surface area contributed by atoms with E-state index in [1.54, 1.807) is 25.3 Å². The monoisotopic (exact) mass is 443 g/mol. The number of hydrogen-bond donors (Lipinski definition) is 2. The number of aromatic nitrogens is 2. The number of aromatic amines is 1. The Morgan fingerprint density at radius 1 is 1.16 bits per heavy atom. The van der Waals surface area contributed by atoms with Crippen molar-refractivity contribution in [3.05, 3.63) is 68.9 Å². The molecule has 31 heavy (non-hydrogen) atoms. The number of nitrogens with two attached hydrogens (primary N) is 1. The molecule has 0 aliphatic heterocycles. The van der Waals surface area contributed by atoms with Gasteiger partial charge in [-0.1, -0.05) is 26.5 Å². The molecule has 0 bridgehead atoms. The van der Waals surface area contributed by atoms with E-state index in [9.17, 15) is 13.2 Å². The number of hydrogen-bond acceptors (Lipinski definition) is 5. The minimum absolute atomic E-state index is 0.0376. The van der Waals surface area contributed by atoms with E-state index < -0.39 is 10.0 Å². The molecule has 0 amide bonds. The van der Waals surface area contributed by atoms with Gasteiger partial charge >= 0.3 is 0 Å². The zero-order valence-electron chi connectivity index (χ0n) is 17.6. The molecule has 0 spiro atoms. The third-order valence-corrected chi connectivity index (χ3v) is 5.43. The molecule has 8 nitrogen and oxygen atoms in total. The van der Waals surface area contributed by atoms with E-state index in [0.29, 0.717) is 40.3 Å². The van der Waals surface area contributed by atoms with Gasteiger partial charge in [-0.25, -0.2) is 18.2 Å². The Morgan fingerprint density at radius 2 is 1.84 bits per heavy atom. The fourth-order valence-electron chi connectivity index (χ4n) is 2.93. The molecule has 0 saturated carbocycles. The van der Waals surface area contributed by atoms with Crippen LogP contribution in [0.25, 0.3) is 18.3 Å². The number of sulfonamides is 1. The average Bonchev–Trinajstić information content (AvgIpc) is 3.00. The van der Waals surface area contributed by atoms with Crippen molar-refractivity contribution in [1.29, 1.82) is 0 Å². The van der Waals surface area contributed by atoms with Crippen molar-refractivity contribution >= 4 is 22.7 Å². The number of nitrogens with one attached hydrogen (secondary N) is 1. The Hall–Kier alpha value is -3.30. The number of methoxy groups -OCH3 is 1. The summed E-state index contributed by atoms with van der Waals surface area (Å²) >= 11 is 0. The molecule has 3 rings (SSSR count). The van der Waals surface area contributed by atoms with Gasteiger partial charge in [-0.05, 0) is 54.0 Å². The lowest BCUT2D eigenvalue weighted by atomic mass is 10.1. The van der Waals surface area contributed by atoms with E-state index in [1.165, 1.54) is 28.9 Å². The first-order valence-corrected chi connectivity index (χ1v) is 11.1. The van der Waals surface area contributed by atoms with Crippen LogP contribution in [0.4, 0.5) is 0 Å². The van der Waals surface area contributed by atoms with Gasteiger partial charge in [-0.2, -0.15) is 0 Å². The summed E-state index contributed by atoms with van der Waals surface area (Å²) < 4.78 is 35.3. The van der Waals surface area contributed by atoms with Gasteiger partial charge < -0.3 is 9.47 Å². The standard InChI is InChI=1S/C22H25N3O5S/c1-14(2)13-30-20-10-5-16(12-21(20)29-4)11-19-15(3)24-25(22(19)26)17-6-8-18(9-7-17)31(23,27)28/h5-12,14,24H,3,13H2,1-2,4H3,(H2,23,27,28)/b19-11-. The second-order valence-electron chi connectivity index (χ2n) is 7.44. The zero-order chi connectivity index (χ0) is 22.8.